The van der Waals surface area contributed by atoms with Crippen LogP contribution in [-0.4, -0.2) is 38.6 Å². The average Bonchev–Trinajstić information content (AvgIpc) is 2.62. The summed E-state index contributed by atoms with van der Waals surface area (Å²) in [5.41, 5.74) is 1.68. The molecule has 0 atom stereocenters. The second-order valence-electron chi connectivity index (χ2n) is 5.79. The third-order valence-electron chi connectivity index (χ3n) is 3.91. The van der Waals surface area contributed by atoms with E-state index in [0.29, 0.717) is 32.0 Å². The van der Waals surface area contributed by atoms with Gasteiger partial charge in [0.25, 0.3) is 5.91 Å². The summed E-state index contributed by atoms with van der Waals surface area (Å²) in [4.78, 5) is 14.6. The van der Waals surface area contributed by atoms with E-state index in [4.69, 9.17) is 4.74 Å². The minimum absolute atomic E-state index is 0.220. The van der Waals surface area contributed by atoms with Crippen LogP contribution in [0.25, 0.3) is 0 Å². The van der Waals surface area contributed by atoms with E-state index in [2.05, 4.69) is 30.9 Å². The Morgan fingerprint density at radius 3 is 2.41 bits per heavy atom. The lowest BCUT2D eigenvalue weighted by atomic mass is 10.2. The highest BCUT2D eigenvalue weighted by atomic mass is 79.9. The molecular weight excluding hydrogens is 429 g/mol. The number of nitrogens with one attached hydrogen (secondary N) is 1. The van der Waals surface area contributed by atoms with Crippen LogP contribution in [0.15, 0.2) is 46.9 Å². The molecule has 1 aliphatic rings. The van der Waals surface area contributed by atoms with E-state index < -0.39 is 12.3 Å². The quantitative estimate of drug-likeness (QED) is 0.757. The van der Waals surface area contributed by atoms with Gasteiger partial charge in [-0.1, -0.05) is 15.9 Å². The number of hydrogen-bond donors (Lipinski definition) is 1. The van der Waals surface area contributed by atoms with Gasteiger partial charge in [-0.15, -0.1) is 13.2 Å². The largest absolute Gasteiger partial charge is 0.573 e. The first-order valence-corrected chi connectivity index (χ1v) is 8.90. The lowest BCUT2D eigenvalue weighted by Crippen LogP contribution is -2.36. The summed E-state index contributed by atoms with van der Waals surface area (Å²) in [6.07, 6.45) is -4.77. The molecular formula is C18H16BrF3N2O3. The lowest BCUT2D eigenvalue weighted by molar-refractivity contribution is -0.274. The fourth-order valence-corrected chi connectivity index (χ4v) is 3.05. The highest BCUT2D eigenvalue weighted by molar-refractivity contribution is 9.10. The van der Waals surface area contributed by atoms with Crippen molar-refractivity contribution in [2.75, 3.05) is 36.5 Å². The Bertz CT molecular complexity index is 806. The highest BCUT2D eigenvalue weighted by Gasteiger charge is 2.31. The van der Waals surface area contributed by atoms with Gasteiger partial charge >= 0.3 is 6.36 Å². The van der Waals surface area contributed by atoms with Crippen LogP contribution >= 0.6 is 15.9 Å². The van der Waals surface area contributed by atoms with Crippen LogP contribution in [0.5, 0.6) is 5.75 Å². The predicted molar refractivity (Wildman–Crippen MR) is 98.3 cm³/mol. The Labute approximate surface area is 162 Å². The first-order chi connectivity index (χ1) is 12.8. The maximum absolute atomic E-state index is 12.5. The van der Waals surface area contributed by atoms with E-state index in [1.807, 2.05) is 12.1 Å². The van der Waals surface area contributed by atoms with Gasteiger partial charge in [0.05, 0.1) is 24.6 Å². The first kappa shape index (κ1) is 19.5. The van der Waals surface area contributed by atoms with Crippen molar-refractivity contribution in [2.24, 2.45) is 0 Å². The zero-order valence-corrected chi connectivity index (χ0v) is 15.6. The van der Waals surface area contributed by atoms with E-state index in [1.165, 1.54) is 12.1 Å². The number of anilines is 2. The molecule has 1 fully saturated rings. The Morgan fingerprint density at radius 1 is 1.11 bits per heavy atom. The number of carbonyl (C=O) groups is 1. The molecule has 1 N–H and O–H groups in total. The van der Waals surface area contributed by atoms with Crippen LogP contribution in [0.3, 0.4) is 0 Å². The number of rotatable bonds is 4. The van der Waals surface area contributed by atoms with Gasteiger partial charge in [0.15, 0.2) is 0 Å². The molecule has 1 saturated heterocycles. The van der Waals surface area contributed by atoms with Crippen LogP contribution in [0.4, 0.5) is 24.5 Å². The molecule has 1 aliphatic heterocycles. The van der Waals surface area contributed by atoms with Crippen LogP contribution in [0, 0.1) is 0 Å². The van der Waals surface area contributed by atoms with E-state index in [9.17, 15) is 18.0 Å². The zero-order chi connectivity index (χ0) is 19.4. The molecule has 2 aromatic rings. The summed E-state index contributed by atoms with van der Waals surface area (Å²) in [5, 5.41) is 2.82. The Balaban J connectivity index is 1.76. The van der Waals surface area contributed by atoms with Gasteiger partial charge in [-0.3, -0.25) is 4.79 Å². The SMILES string of the molecule is O=C(Nc1cc(Br)ccc1N1CCOCC1)c1ccc(OC(F)(F)F)cc1. The smallest absolute Gasteiger partial charge is 0.406 e. The number of benzene rings is 2. The van der Waals surface area contributed by atoms with Gasteiger partial charge in [-0.25, -0.2) is 0 Å². The molecule has 9 heteroatoms. The van der Waals surface area contributed by atoms with Crippen molar-refractivity contribution in [1.29, 1.82) is 0 Å². The summed E-state index contributed by atoms with van der Waals surface area (Å²) < 4.78 is 46.6. The normalized spacial score (nSPS) is 14.7. The number of halogens is 4. The average molecular weight is 445 g/mol. The summed E-state index contributed by atoms with van der Waals surface area (Å²) in [6.45, 7) is 2.61. The molecule has 5 nitrogen and oxygen atoms in total. The number of nitrogens with zero attached hydrogens (tertiary/aromatic N) is 1. The van der Waals surface area contributed by atoms with E-state index in [0.717, 1.165) is 22.3 Å². The van der Waals surface area contributed by atoms with Crippen LogP contribution in [-0.2, 0) is 4.74 Å². The van der Waals surface area contributed by atoms with Gasteiger partial charge in [0.1, 0.15) is 5.75 Å². The van der Waals surface area contributed by atoms with Gasteiger partial charge < -0.3 is 19.7 Å². The molecule has 0 spiro atoms. The molecule has 2 aromatic carbocycles. The van der Waals surface area contributed by atoms with Gasteiger partial charge in [0, 0.05) is 23.1 Å². The maximum Gasteiger partial charge on any atom is 0.573 e. The van der Waals surface area contributed by atoms with Crippen molar-refractivity contribution in [1.82, 2.24) is 0 Å². The highest BCUT2D eigenvalue weighted by Crippen LogP contribution is 2.31. The summed E-state index contributed by atoms with van der Waals surface area (Å²) in [5.74, 6) is -0.809. The molecule has 1 amide bonds. The Kier molecular flexibility index (Phi) is 5.91. The third kappa shape index (κ3) is 5.36. The molecule has 0 aliphatic carbocycles. The number of alkyl halides is 3. The molecule has 0 radical (unpaired) electrons. The Morgan fingerprint density at radius 2 is 1.78 bits per heavy atom. The van der Waals surface area contributed by atoms with E-state index in [1.54, 1.807) is 6.07 Å². The van der Waals surface area contributed by atoms with Gasteiger partial charge in [0.2, 0.25) is 0 Å². The van der Waals surface area contributed by atoms with Crippen molar-refractivity contribution in [3.05, 3.63) is 52.5 Å². The zero-order valence-electron chi connectivity index (χ0n) is 14.1. The molecule has 0 bridgehead atoms. The number of hydrogen-bond acceptors (Lipinski definition) is 4. The molecule has 0 saturated carbocycles. The summed E-state index contributed by atoms with van der Waals surface area (Å²) >= 11 is 3.39. The maximum atomic E-state index is 12.5. The van der Waals surface area contributed by atoms with Crippen molar-refractivity contribution in [3.8, 4) is 5.75 Å². The Hall–Kier alpha value is -2.26. The van der Waals surface area contributed by atoms with E-state index >= 15 is 0 Å². The molecule has 0 aromatic heterocycles. The molecule has 144 valence electrons. The van der Waals surface area contributed by atoms with Gasteiger partial charge in [-0.2, -0.15) is 0 Å². The third-order valence-corrected chi connectivity index (χ3v) is 4.40. The van der Waals surface area contributed by atoms with Crippen LogP contribution in [0.2, 0.25) is 0 Å². The van der Waals surface area contributed by atoms with Crippen molar-refractivity contribution >= 4 is 33.2 Å². The molecule has 1 heterocycles. The molecule has 0 unspecified atom stereocenters. The molecule has 27 heavy (non-hydrogen) atoms. The van der Waals surface area contributed by atoms with Crippen LogP contribution in [0.1, 0.15) is 10.4 Å². The second-order valence-corrected chi connectivity index (χ2v) is 6.70. The van der Waals surface area contributed by atoms with Gasteiger partial charge in [-0.05, 0) is 42.5 Å². The van der Waals surface area contributed by atoms with Crippen molar-refractivity contribution in [3.63, 3.8) is 0 Å². The van der Waals surface area contributed by atoms with E-state index in [-0.39, 0.29) is 11.3 Å². The molecule has 3 rings (SSSR count). The predicted octanol–water partition coefficient (Wildman–Crippen LogP) is 4.44. The lowest BCUT2D eigenvalue weighted by Gasteiger charge is -2.30. The fourth-order valence-electron chi connectivity index (χ4n) is 2.69. The summed E-state index contributed by atoms with van der Waals surface area (Å²) in [6, 6.07) is 10.3. The first-order valence-electron chi connectivity index (χ1n) is 8.11. The second kappa shape index (κ2) is 8.18. The van der Waals surface area contributed by atoms with Crippen LogP contribution < -0.4 is 15.0 Å². The standard InChI is InChI=1S/C18H16BrF3N2O3/c19-13-3-6-16(24-7-9-26-10-8-24)15(11-13)23-17(25)12-1-4-14(5-2-12)27-18(20,21)22/h1-6,11H,7-10H2,(H,23,25). The van der Waals surface area contributed by atoms with Crippen molar-refractivity contribution < 1.29 is 27.4 Å². The fraction of sp³-hybridized carbons (Fsp3) is 0.278. The number of carbonyl (C=O) groups excluding carboxylic acids is 1. The summed E-state index contributed by atoms with van der Waals surface area (Å²) in [7, 11) is 0. The van der Waals surface area contributed by atoms with Crippen molar-refractivity contribution in [2.45, 2.75) is 6.36 Å². The minimum atomic E-state index is -4.77. The number of morpholine rings is 1. The monoisotopic (exact) mass is 444 g/mol. The topological polar surface area (TPSA) is 50.8 Å². The number of amides is 1. The minimum Gasteiger partial charge on any atom is -0.406 e. The number of ether oxygens (including phenoxy) is 2.